The van der Waals surface area contributed by atoms with Gasteiger partial charge in [-0.1, -0.05) is 226 Å². The maximum atomic E-state index is 13.0. The number of hydrogen-bond donors (Lipinski definition) is 0. The first-order valence-corrected chi connectivity index (χ1v) is 26.0. The third-order valence-electron chi connectivity index (χ3n) is 11.5. The quantitative estimate of drug-likeness (QED) is 0.0289. The minimum Gasteiger partial charge on any atom is -0.490 e. The molecule has 0 aliphatic carbocycles. The van der Waals surface area contributed by atoms with Crippen molar-refractivity contribution in [2.75, 3.05) is 19.0 Å². The van der Waals surface area contributed by atoms with Crippen LogP contribution in [0.3, 0.4) is 0 Å². The Morgan fingerprint density at radius 2 is 0.828 bits per heavy atom. The van der Waals surface area contributed by atoms with Crippen molar-refractivity contribution < 1.29 is 14.3 Å². The highest BCUT2D eigenvalue weighted by molar-refractivity contribution is 7.99. The number of thioether (sulfide) groups is 1. The van der Waals surface area contributed by atoms with E-state index in [9.17, 15) is 4.79 Å². The van der Waals surface area contributed by atoms with Gasteiger partial charge in [0.15, 0.2) is 17.3 Å². The normalized spacial score (nSPS) is 11.5. The van der Waals surface area contributed by atoms with E-state index in [4.69, 9.17) is 9.47 Å². The highest BCUT2D eigenvalue weighted by Gasteiger charge is 2.08. The molecule has 0 aliphatic heterocycles. The van der Waals surface area contributed by atoms with Gasteiger partial charge in [-0.15, -0.1) is 11.8 Å². The Kier molecular flexibility index (Phi) is 34.9. The fraction of sp³-hybridized carbons (Fsp3) is 0.722. The molecule has 2 rings (SSSR count). The minimum atomic E-state index is 0.0199. The summed E-state index contributed by atoms with van der Waals surface area (Å²) in [5.74, 6) is 2.73. The van der Waals surface area contributed by atoms with Gasteiger partial charge in [-0.05, 0) is 73.1 Å². The molecule has 0 aromatic heterocycles. The lowest BCUT2D eigenvalue weighted by Gasteiger charge is -2.14. The third-order valence-corrected chi connectivity index (χ3v) is 12.7. The average Bonchev–Trinajstić information content (AvgIpc) is 3.24. The van der Waals surface area contributed by atoms with Crippen LogP contribution in [0.25, 0.3) is 6.08 Å². The standard InChI is InChI=1S/C54H90O3S/c1-4-7-9-11-13-15-17-19-21-23-25-27-29-31-33-35-45-56-53-44-38-49(37-43-52(55)50-39-41-51(42-40-50)58-47-6-3)48-54(53)57-46-36-34-32-30-28-26-24-22-20-18-16-14-12-10-8-5-2/h37-44,48H,4-36,45-47H2,1-3H3. The minimum absolute atomic E-state index is 0.0199. The zero-order valence-electron chi connectivity index (χ0n) is 38.3. The number of rotatable bonds is 42. The number of hydrogen-bond acceptors (Lipinski definition) is 4. The van der Waals surface area contributed by atoms with Gasteiger partial charge in [0.05, 0.1) is 13.2 Å². The summed E-state index contributed by atoms with van der Waals surface area (Å²) in [6.45, 7) is 8.19. The lowest BCUT2D eigenvalue weighted by atomic mass is 10.0. The molecule has 0 heterocycles. The monoisotopic (exact) mass is 819 g/mol. The summed E-state index contributed by atoms with van der Waals surface area (Å²) in [6, 6.07) is 14.1. The van der Waals surface area contributed by atoms with E-state index >= 15 is 0 Å². The van der Waals surface area contributed by atoms with E-state index in [1.165, 1.54) is 198 Å². The Morgan fingerprint density at radius 1 is 0.448 bits per heavy atom. The first-order chi connectivity index (χ1) is 28.7. The van der Waals surface area contributed by atoms with Crippen molar-refractivity contribution in [2.45, 2.75) is 238 Å². The Balaban J connectivity index is 1.69. The molecule has 0 saturated heterocycles. The van der Waals surface area contributed by atoms with Gasteiger partial charge in [0.2, 0.25) is 0 Å². The van der Waals surface area contributed by atoms with E-state index in [-0.39, 0.29) is 5.78 Å². The first-order valence-electron chi connectivity index (χ1n) is 25.0. The predicted molar refractivity (Wildman–Crippen MR) is 257 cm³/mol. The smallest absolute Gasteiger partial charge is 0.185 e. The number of ether oxygens (including phenoxy) is 2. The summed E-state index contributed by atoms with van der Waals surface area (Å²) in [5.41, 5.74) is 1.68. The Morgan fingerprint density at radius 3 is 1.22 bits per heavy atom. The lowest BCUT2D eigenvalue weighted by molar-refractivity contribution is 0.104. The summed E-state index contributed by atoms with van der Waals surface area (Å²) >= 11 is 1.83. The van der Waals surface area contributed by atoms with Crippen molar-refractivity contribution in [1.82, 2.24) is 0 Å². The molecule has 0 aliphatic rings. The van der Waals surface area contributed by atoms with E-state index in [2.05, 4.69) is 32.9 Å². The average molecular weight is 819 g/mol. The largest absolute Gasteiger partial charge is 0.490 e. The summed E-state index contributed by atoms with van der Waals surface area (Å²) in [7, 11) is 0. The van der Waals surface area contributed by atoms with Crippen LogP contribution < -0.4 is 9.47 Å². The summed E-state index contributed by atoms with van der Waals surface area (Å²) in [6.07, 6.45) is 48.4. The van der Waals surface area contributed by atoms with Crippen LogP contribution in [0, 0.1) is 0 Å². The molecule has 3 nitrogen and oxygen atoms in total. The molecule has 0 spiro atoms. The number of benzene rings is 2. The predicted octanol–water partition coefficient (Wildman–Crippen LogP) is 18.4. The first kappa shape index (κ1) is 51.9. The van der Waals surface area contributed by atoms with Crippen LogP contribution in [-0.4, -0.2) is 24.7 Å². The molecule has 2 aromatic rings. The molecule has 0 radical (unpaired) electrons. The fourth-order valence-corrected chi connectivity index (χ4v) is 8.50. The number of unbranched alkanes of at least 4 members (excludes halogenated alkanes) is 30. The number of allylic oxidation sites excluding steroid dienone is 1. The molecule has 0 unspecified atom stereocenters. The van der Waals surface area contributed by atoms with Gasteiger partial charge < -0.3 is 9.47 Å². The van der Waals surface area contributed by atoms with E-state index in [1.54, 1.807) is 6.08 Å². The van der Waals surface area contributed by atoms with Gasteiger partial charge in [-0.25, -0.2) is 0 Å². The maximum Gasteiger partial charge on any atom is 0.185 e. The molecule has 0 fully saturated rings. The molecule has 0 saturated carbocycles. The van der Waals surface area contributed by atoms with Gasteiger partial charge in [0.25, 0.3) is 0 Å². The highest BCUT2D eigenvalue weighted by Crippen LogP contribution is 2.30. The van der Waals surface area contributed by atoms with E-state index < -0.39 is 0 Å². The van der Waals surface area contributed by atoms with Crippen LogP contribution >= 0.6 is 11.8 Å². The van der Waals surface area contributed by atoms with Crippen molar-refractivity contribution in [1.29, 1.82) is 0 Å². The Hall–Kier alpha value is -2.20. The summed E-state index contributed by atoms with van der Waals surface area (Å²) in [5, 5.41) is 0. The summed E-state index contributed by atoms with van der Waals surface area (Å²) in [4.78, 5) is 14.2. The molecule has 0 bridgehead atoms. The molecule has 4 heteroatoms. The van der Waals surface area contributed by atoms with Gasteiger partial charge in [-0.3, -0.25) is 4.79 Å². The molecule has 2 aromatic carbocycles. The lowest BCUT2D eigenvalue weighted by Crippen LogP contribution is -2.03. The van der Waals surface area contributed by atoms with Crippen LogP contribution in [0.15, 0.2) is 53.4 Å². The van der Waals surface area contributed by atoms with Gasteiger partial charge in [0.1, 0.15) is 0 Å². The van der Waals surface area contributed by atoms with Crippen LogP contribution in [0.2, 0.25) is 0 Å². The Labute approximate surface area is 364 Å². The van der Waals surface area contributed by atoms with Crippen LogP contribution in [0.5, 0.6) is 11.5 Å². The molecular weight excluding hydrogens is 729 g/mol. The second-order valence-electron chi connectivity index (χ2n) is 17.1. The van der Waals surface area contributed by atoms with Crippen molar-refractivity contribution in [3.8, 4) is 11.5 Å². The van der Waals surface area contributed by atoms with Gasteiger partial charge in [0, 0.05) is 10.5 Å². The second kappa shape index (κ2) is 39.0. The van der Waals surface area contributed by atoms with Crippen LogP contribution in [0.4, 0.5) is 0 Å². The van der Waals surface area contributed by atoms with E-state index in [0.29, 0.717) is 13.2 Å². The van der Waals surface area contributed by atoms with Crippen LogP contribution in [-0.2, 0) is 0 Å². The molecule has 58 heavy (non-hydrogen) atoms. The van der Waals surface area contributed by atoms with E-state index in [0.717, 1.165) is 47.6 Å². The number of carbonyl (C=O) groups is 1. The van der Waals surface area contributed by atoms with Crippen molar-refractivity contribution in [3.05, 3.63) is 59.7 Å². The Bertz CT molecular complexity index is 1240. The zero-order valence-corrected chi connectivity index (χ0v) is 39.1. The third kappa shape index (κ3) is 29.1. The van der Waals surface area contributed by atoms with Crippen molar-refractivity contribution >= 4 is 23.6 Å². The topological polar surface area (TPSA) is 35.5 Å². The van der Waals surface area contributed by atoms with Crippen molar-refractivity contribution in [3.63, 3.8) is 0 Å². The fourth-order valence-electron chi connectivity index (χ4n) is 7.73. The number of ketones is 1. The van der Waals surface area contributed by atoms with Gasteiger partial charge >= 0.3 is 0 Å². The van der Waals surface area contributed by atoms with E-state index in [1.807, 2.05) is 48.2 Å². The highest BCUT2D eigenvalue weighted by atomic mass is 32.2. The van der Waals surface area contributed by atoms with Gasteiger partial charge in [-0.2, -0.15) is 0 Å². The molecule has 0 amide bonds. The number of carbonyl (C=O) groups excluding carboxylic acids is 1. The van der Waals surface area contributed by atoms with Crippen LogP contribution in [0.1, 0.15) is 249 Å². The maximum absolute atomic E-state index is 13.0. The second-order valence-corrected chi connectivity index (χ2v) is 18.2. The molecule has 330 valence electrons. The molecular formula is C54H90O3S. The van der Waals surface area contributed by atoms with Crippen molar-refractivity contribution in [2.24, 2.45) is 0 Å². The molecule has 0 atom stereocenters. The summed E-state index contributed by atoms with van der Waals surface area (Å²) < 4.78 is 12.7. The SMILES string of the molecule is CCCCCCCCCCCCCCCCCCOc1ccc(C=CC(=O)c2ccc(SCCC)cc2)cc1OCCCCCCCCCCCCCCCCCC. The molecule has 0 N–H and O–H groups in total. The zero-order chi connectivity index (χ0) is 41.4.